The van der Waals surface area contributed by atoms with E-state index in [4.69, 9.17) is 23.3 Å². The SMILES string of the molecule is CCCCC/C=C\CC1OC1C/C=C\C/C=C\CCCC(=O)O[C@H](CO/C=C/CCCCCCCCCCCCCC)COP(=O)(O)OCC[N+](C)(C)C. The second-order valence-electron chi connectivity index (χ2n) is 15.8. The first kappa shape index (κ1) is 50.3. The minimum Gasteiger partial charge on any atom is -0.498 e. The molecule has 1 saturated heterocycles. The number of phosphoric ester groups is 1. The van der Waals surface area contributed by atoms with E-state index < -0.39 is 19.9 Å². The highest BCUT2D eigenvalue weighted by molar-refractivity contribution is 7.47. The number of carbonyl (C=O) groups is 1. The molecule has 1 fully saturated rings. The van der Waals surface area contributed by atoms with Crippen molar-refractivity contribution in [3.05, 3.63) is 48.8 Å². The molecule has 314 valence electrons. The number of esters is 1. The number of unbranched alkanes of at least 4 members (excludes halogenated alkanes) is 16. The van der Waals surface area contributed by atoms with Crippen LogP contribution in [0.2, 0.25) is 0 Å². The summed E-state index contributed by atoms with van der Waals surface area (Å²) < 4.78 is 40.4. The van der Waals surface area contributed by atoms with Crippen molar-refractivity contribution in [1.82, 2.24) is 0 Å². The lowest BCUT2D eigenvalue weighted by atomic mass is 10.0. The lowest BCUT2D eigenvalue weighted by Gasteiger charge is -2.24. The summed E-state index contributed by atoms with van der Waals surface area (Å²) in [7, 11) is 1.59. The van der Waals surface area contributed by atoms with Crippen molar-refractivity contribution in [2.75, 3.05) is 47.5 Å². The third-order valence-corrected chi connectivity index (χ3v) is 10.3. The molecule has 54 heavy (non-hydrogen) atoms. The number of rotatable bonds is 38. The molecule has 0 spiro atoms. The lowest BCUT2D eigenvalue weighted by Crippen LogP contribution is -2.37. The van der Waals surface area contributed by atoms with Gasteiger partial charge in [0.2, 0.25) is 0 Å². The van der Waals surface area contributed by atoms with E-state index in [1.165, 1.54) is 96.3 Å². The maximum atomic E-state index is 12.7. The number of carbonyl (C=O) groups excluding carboxylic acids is 1. The summed E-state index contributed by atoms with van der Waals surface area (Å²) >= 11 is 0. The van der Waals surface area contributed by atoms with Crippen molar-refractivity contribution in [3.8, 4) is 0 Å². The van der Waals surface area contributed by atoms with Gasteiger partial charge >= 0.3 is 13.8 Å². The lowest BCUT2D eigenvalue weighted by molar-refractivity contribution is -0.870. The molecule has 0 bridgehead atoms. The Hall–Kier alpha value is -1.74. The molecular weight excluding hydrogens is 701 g/mol. The molecule has 0 saturated carbocycles. The van der Waals surface area contributed by atoms with E-state index in [0.29, 0.717) is 29.7 Å². The molecule has 0 amide bonds. The summed E-state index contributed by atoms with van der Waals surface area (Å²) in [6.45, 7) is 4.82. The summed E-state index contributed by atoms with van der Waals surface area (Å²) in [5.74, 6) is -0.394. The average Bonchev–Trinajstić information content (AvgIpc) is 3.88. The molecule has 1 rings (SSSR count). The van der Waals surface area contributed by atoms with Crippen LogP contribution >= 0.6 is 7.82 Å². The first-order chi connectivity index (χ1) is 26.1. The van der Waals surface area contributed by atoms with Gasteiger partial charge in [0.1, 0.15) is 19.8 Å². The van der Waals surface area contributed by atoms with Gasteiger partial charge in [0.05, 0.1) is 46.2 Å². The van der Waals surface area contributed by atoms with E-state index in [1.807, 2.05) is 27.2 Å². The number of quaternary nitrogens is 1. The first-order valence-electron chi connectivity index (χ1n) is 21.5. The van der Waals surface area contributed by atoms with Crippen LogP contribution in [0.25, 0.3) is 0 Å². The van der Waals surface area contributed by atoms with Crippen LogP contribution in [0.3, 0.4) is 0 Å². The molecule has 0 aliphatic carbocycles. The maximum absolute atomic E-state index is 12.7. The Labute approximate surface area is 331 Å². The van der Waals surface area contributed by atoms with Gasteiger partial charge in [-0.25, -0.2) is 4.57 Å². The number of allylic oxidation sites excluding steroid dienone is 5. The van der Waals surface area contributed by atoms with Gasteiger partial charge in [-0.15, -0.1) is 0 Å². The third kappa shape index (κ3) is 33.6. The van der Waals surface area contributed by atoms with E-state index >= 15 is 0 Å². The summed E-state index contributed by atoms with van der Waals surface area (Å²) in [5, 5.41) is 0. The normalized spacial score (nSPS) is 18.0. The van der Waals surface area contributed by atoms with Crippen LogP contribution < -0.4 is 0 Å². The highest BCUT2D eigenvalue weighted by Crippen LogP contribution is 2.43. The van der Waals surface area contributed by atoms with Gasteiger partial charge in [-0.1, -0.05) is 134 Å². The fraction of sp³-hybridized carbons (Fsp3) is 0.795. The molecule has 1 aliphatic rings. The van der Waals surface area contributed by atoms with Gasteiger partial charge in [-0.2, -0.15) is 0 Å². The van der Waals surface area contributed by atoms with Gasteiger partial charge in [0.25, 0.3) is 0 Å². The first-order valence-corrected chi connectivity index (χ1v) is 23.0. The number of nitrogens with zero attached hydrogens (tertiary/aromatic N) is 1. The second-order valence-corrected chi connectivity index (χ2v) is 17.3. The Morgan fingerprint density at radius 3 is 1.85 bits per heavy atom. The van der Waals surface area contributed by atoms with Crippen LogP contribution in [0.1, 0.15) is 162 Å². The standard InChI is InChI=1S/C44H80NO8P/c1-6-8-10-12-14-15-16-17-18-19-20-24-28-32-37-49-39-41(40-51-54(47,48)50-38-36-45(3,4)5)52-44(46)35-31-27-23-21-22-26-30-34-43-42(53-43)33-29-25-13-11-9-7-2/h21,23,25-26,29-30,32,37,41-43H,6-20,22,24,27-28,31,33-36,38-40H2,1-5H3/p+1/b23-21-,29-25-,30-26-,37-32+/t41-,42?,43?/m1/s1. The molecular formula is C44H81NO8P+. The number of epoxide rings is 1. The number of hydrogen-bond donors (Lipinski definition) is 1. The predicted molar refractivity (Wildman–Crippen MR) is 223 cm³/mol. The van der Waals surface area contributed by atoms with Crippen molar-refractivity contribution in [1.29, 1.82) is 0 Å². The molecule has 0 aromatic carbocycles. The zero-order valence-corrected chi connectivity index (χ0v) is 36.0. The predicted octanol–water partition coefficient (Wildman–Crippen LogP) is 11.7. The quantitative estimate of drug-likeness (QED) is 0.0126. The summed E-state index contributed by atoms with van der Waals surface area (Å²) in [5.41, 5.74) is 0. The molecule has 0 aromatic heterocycles. The Bertz CT molecular complexity index is 1070. The van der Waals surface area contributed by atoms with Gasteiger partial charge < -0.3 is 23.6 Å². The zero-order chi connectivity index (χ0) is 39.6. The minimum atomic E-state index is -4.31. The Morgan fingerprint density at radius 2 is 1.20 bits per heavy atom. The molecule has 10 heteroatoms. The van der Waals surface area contributed by atoms with Gasteiger partial charge in [0, 0.05) is 6.42 Å². The number of likely N-dealkylation sites (N-methyl/N-ethyl adjacent to an activating group) is 1. The van der Waals surface area contributed by atoms with Crippen molar-refractivity contribution in [2.24, 2.45) is 0 Å². The molecule has 9 nitrogen and oxygen atoms in total. The van der Waals surface area contributed by atoms with Crippen LogP contribution in [0.4, 0.5) is 0 Å². The Morgan fingerprint density at radius 1 is 0.685 bits per heavy atom. The fourth-order valence-corrected chi connectivity index (χ4v) is 6.59. The van der Waals surface area contributed by atoms with Crippen molar-refractivity contribution in [2.45, 2.75) is 180 Å². The van der Waals surface area contributed by atoms with E-state index in [2.05, 4.69) is 50.3 Å². The van der Waals surface area contributed by atoms with Crippen molar-refractivity contribution in [3.63, 3.8) is 0 Å². The molecule has 1 aliphatic heterocycles. The van der Waals surface area contributed by atoms with Crippen LogP contribution in [0, 0.1) is 0 Å². The smallest absolute Gasteiger partial charge is 0.472 e. The zero-order valence-electron chi connectivity index (χ0n) is 35.1. The molecule has 3 unspecified atom stereocenters. The topological polar surface area (TPSA) is 104 Å². The van der Waals surface area contributed by atoms with Crippen molar-refractivity contribution < 1.29 is 42.0 Å². The van der Waals surface area contributed by atoms with E-state index in [1.54, 1.807) is 6.26 Å². The average molecular weight is 783 g/mol. The number of phosphoric acid groups is 1. The summed E-state index contributed by atoms with van der Waals surface area (Å²) in [6.07, 6.45) is 42.7. The molecule has 1 heterocycles. The highest BCUT2D eigenvalue weighted by atomic mass is 31.2. The van der Waals surface area contributed by atoms with Gasteiger partial charge in [-0.3, -0.25) is 13.8 Å². The minimum absolute atomic E-state index is 0.0220. The third-order valence-electron chi connectivity index (χ3n) is 9.36. The number of hydrogen-bond acceptors (Lipinski definition) is 7. The van der Waals surface area contributed by atoms with Crippen LogP contribution in [0.15, 0.2) is 48.8 Å². The Balaban J connectivity index is 2.31. The number of ether oxygens (including phenoxy) is 3. The van der Waals surface area contributed by atoms with E-state index in [-0.39, 0.29) is 26.2 Å². The highest BCUT2D eigenvalue weighted by Gasteiger charge is 2.36. The van der Waals surface area contributed by atoms with Crippen LogP contribution in [-0.4, -0.2) is 81.2 Å². The van der Waals surface area contributed by atoms with Crippen molar-refractivity contribution >= 4 is 13.8 Å². The van der Waals surface area contributed by atoms with Gasteiger partial charge in [0.15, 0.2) is 6.10 Å². The monoisotopic (exact) mass is 783 g/mol. The maximum Gasteiger partial charge on any atom is 0.472 e. The molecule has 0 aromatic rings. The van der Waals surface area contributed by atoms with Crippen LogP contribution in [-0.2, 0) is 32.6 Å². The second kappa shape index (κ2) is 33.4. The molecule has 1 N–H and O–H groups in total. The summed E-state index contributed by atoms with van der Waals surface area (Å²) in [4.78, 5) is 22.8. The van der Waals surface area contributed by atoms with E-state index in [0.717, 1.165) is 38.5 Å². The summed E-state index contributed by atoms with van der Waals surface area (Å²) in [6, 6.07) is 0. The fourth-order valence-electron chi connectivity index (χ4n) is 5.85. The largest absolute Gasteiger partial charge is 0.498 e. The van der Waals surface area contributed by atoms with E-state index in [9.17, 15) is 14.3 Å². The molecule has 0 radical (unpaired) electrons. The van der Waals surface area contributed by atoms with Gasteiger partial charge in [-0.05, 0) is 63.9 Å². The Kier molecular flexibility index (Phi) is 31.1. The van der Waals surface area contributed by atoms with Crippen LogP contribution in [0.5, 0.6) is 0 Å². The molecule has 4 atom stereocenters.